The van der Waals surface area contributed by atoms with E-state index in [1.54, 1.807) is 36.4 Å². The van der Waals surface area contributed by atoms with Crippen molar-refractivity contribution in [3.63, 3.8) is 0 Å². The monoisotopic (exact) mass is 523 g/mol. The molecule has 1 atom stereocenters. The van der Waals surface area contributed by atoms with Crippen LogP contribution in [0.25, 0.3) is 22.5 Å². The van der Waals surface area contributed by atoms with Crippen LogP contribution in [0.4, 0.5) is 23.2 Å². The van der Waals surface area contributed by atoms with Gasteiger partial charge in [-0.3, -0.25) is 19.3 Å². The minimum Gasteiger partial charge on any atom is -0.355 e. The Kier molecular flexibility index (Phi) is 6.43. The van der Waals surface area contributed by atoms with E-state index in [2.05, 4.69) is 20.7 Å². The second kappa shape index (κ2) is 9.73. The standard InChI is InChI=1S/C27H21F4N5O2/c1-36-10-9-22(35-36)17-12-18(20(28)13-19(17)27(29,30)31)26(38)34-23-8-7-21(16-11-24(37)32-14-16)33-25(23)15-5-3-2-4-6-15/h2-10,12-13,16H,11,14H2,1H3,(H,32,37)(H,34,38)/t16-/m0/s1. The smallest absolute Gasteiger partial charge is 0.355 e. The van der Waals surface area contributed by atoms with Crippen LogP contribution < -0.4 is 10.6 Å². The number of pyridine rings is 1. The Labute approximate surface area is 214 Å². The molecule has 2 aromatic carbocycles. The van der Waals surface area contributed by atoms with Crippen molar-refractivity contribution in [3.05, 3.63) is 89.5 Å². The molecule has 194 valence electrons. The summed E-state index contributed by atoms with van der Waals surface area (Å²) < 4.78 is 57.3. The number of hydrogen-bond acceptors (Lipinski definition) is 4. The quantitative estimate of drug-likeness (QED) is 0.354. The van der Waals surface area contributed by atoms with Crippen LogP contribution in [-0.4, -0.2) is 33.1 Å². The molecule has 1 aliphatic rings. The topological polar surface area (TPSA) is 88.9 Å². The summed E-state index contributed by atoms with van der Waals surface area (Å²) in [5.74, 6) is -2.51. The second-order valence-corrected chi connectivity index (χ2v) is 8.91. The van der Waals surface area contributed by atoms with Crippen molar-refractivity contribution in [2.75, 3.05) is 11.9 Å². The highest BCUT2D eigenvalue weighted by molar-refractivity contribution is 6.07. The second-order valence-electron chi connectivity index (χ2n) is 8.91. The molecule has 0 spiro atoms. The third kappa shape index (κ3) is 4.99. The molecule has 0 saturated carbocycles. The van der Waals surface area contributed by atoms with E-state index in [0.29, 0.717) is 29.6 Å². The number of halogens is 4. The summed E-state index contributed by atoms with van der Waals surface area (Å²) in [6.45, 7) is 0.429. The van der Waals surface area contributed by atoms with E-state index in [4.69, 9.17) is 0 Å². The summed E-state index contributed by atoms with van der Waals surface area (Å²) >= 11 is 0. The molecule has 1 fully saturated rings. The first kappa shape index (κ1) is 25.1. The van der Waals surface area contributed by atoms with E-state index in [1.807, 2.05) is 6.07 Å². The Morgan fingerprint density at radius 2 is 1.87 bits per heavy atom. The Morgan fingerprint density at radius 1 is 1.11 bits per heavy atom. The molecule has 11 heteroatoms. The highest BCUT2D eigenvalue weighted by Gasteiger charge is 2.36. The molecule has 2 aromatic heterocycles. The van der Waals surface area contributed by atoms with Gasteiger partial charge < -0.3 is 10.6 Å². The van der Waals surface area contributed by atoms with Gasteiger partial charge in [-0.15, -0.1) is 0 Å². The summed E-state index contributed by atoms with van der Waals surface area (Å²) in [6, 6.07) is 14.7. The molecule has 2 N–H and O–H groups in total. The molecule has 4 aromatic rings. The van der Waals surface area contributed by atoms with Gasteiger partial charge in [0, 0.05) is 48.9 Å². The summed E-state index contributed by atoms with van der Waals surface area (Å²) in [5.41, 5.74) is -0.367. The Balaban J connectivity index is 1.54. The maximum Gasteiger partial charge on any atom is 0.417 e. The summed E-state index contributed by atoms with van der Waals surface area (Å²) in [6.07, 6.45) is -3.13. The number of carbonyl (C=O) groups is 2. The maximum atomic E-state index is 14.9. The van der Waals surface area contributed by atoms with Crippen LogP contribution in [0.3, 0.4) is 0 Å². The van der Waals surface area contributed by atoms with Crippen LogP contribution in [0, 0.1) is 5.82 Å². The zero-order chi connectivity index (χ0) is 27.0. The summed E-state index contributed by atoms with van der Waals surface area (Å²) in [4.78, 5) is 29.6. The van der Waals surface area contributed by atoms with Crippen molar-refractivity contribution in [3.8, 4) is 22.5 Å². The van der Waals surface area contributed by atoms with Crippen molar-refractivity contribution in [2.45, 2.75) is 18.5 Å². The van der Waals surface area contributed by atoms with Crippen LogP contribution in [-0.2, 0) is 18.0 Å². The minimum absolute atomic E-state index is 0.0513. The first-order valence-corrected chi connectivity index (χ1v) is 11.7. The van der Waals surface area contributed by atoms with Crippen LogP contribution in [0.5, 0.6) is 0 Å². The first-order chi connectivity index (χ1) is 18.1. The lowest BCUT2D eigenvalue weighted by molar-refractivity contribution is -0.137. The predicted molar refractivity (Wildman–Crippen MR) is 132 cm³/mol. The number of rotatable bonds is 5. The highest BCUT2D eigenvalue weighted by Crippen LogP contribution is 2.38. The number of benzene rings is 2. The van der Waals surface area contributed by atoms with Crippen molar-refractivity contribution in [1.82, 2.24) is 20.1 Å². The first-order valence-electron chi connectivity index (χ1n) is 11.7. The fourth-order valence-electron chi connectivity index (χ4n) is 4.37. The van der Waals surface area contributed by atoms with Gasteiger partial charge in [0.2, 0.25) is 5.91 Å². The molecule has 3 heterocycles. The molecule has 38 heavy (non-hydrogen) atoms. The lowest BCUT2D eigenvalue weighted by Crippen LogP contribution is -2.18. The predicted octanol–water partition coefficient (Wildman–Crippen LogP) is 5.16. The number of hydrogen-bond donors (Lipinski definition) is 2. The van der Waals surface area contributed by atoms with Crippen molar-refractivity contribution in [2.24, 2.45) is 7.05 Å². The molecular weight excluding hydrogens is 502 g/mol. The largest absolute Gasteiger partial charge is 0.417 e. The fraction of sp³-hybridized carbons (Fsp3) is 0.185. The van der Waals surface area contributed by atoms with E-state index in [9.17, 15) is 27.2 Å². The molecule has 0 aliphatic carbocycles. The number of nitrogens with one attached hydrogen (secondary N) is 2. The number of aromatic nitrogens is 3. The molecule has 0 radical (unpaired) electrons. The van der Waals surface area contributed by atoms with Gasteiger partial charge in [0.1, 0.15) is 5.82 Å². The van der Waals surface area contributed by atoms with Crippen molar-refractivity contribution >= 4 is 17.5 Å². The zero-order valence-electron chi connectivity index (χ0n) is 20.0. The van der Waals surface area contributed by atoms with Gasteiger partial charge in [0.15, 0.2) is 0 Å². The Morgan fingerprint density at radius 3 is 2.50 bits per heavy atom. The fourth-order valence-corrected chi connectivity index (χ4v) is 4.37. The Hall–Kier alpha value is -4.54. The molecule has 1 aliphatic heterocycles. The van der Waals surface area contributed by atoms with Crippen molar-refractivity contribution < 1.29 is 27.2 Å². The van der Waals surface area contributed by atoms with E-state index in [-0.39, 0.29) is 29.6 Å². The van der Waals surface area contributed by atoms with Crippen LogP contribution in [0.1, 0.15) is 34.0 Å². The lowest BCUT2D eigenvalue weighted by Gasteiger charge is -2.16. The van der Waals surface area contributed by atoms with Gasteiger partial charge in [-0.1, -0.05) is 30.3 Å². The minimum atomic E-state index is -4.86. The molecule has 1 saturated heterocycles. The van der Waals surface area contributed by atoms with Gasteiger partial charge in [0.25, 0.3) is 5.91 Å². The zero-order valence-corrected chi connectivity index (χ0v) is 20.0. The number of amides is 2. The molecule has 7 nitrogen and oxygen atoms in total. The summed E-state index contributed by atoms with van der Waals surface area (Å²) in [5, 5.41) is 9.36. The number of nitrogens with zero attached hydrogens (tertiary/aromatic N) is 3. The summed E-state index contributed by atoms with van der Waals surface area (Å²) in [7, 11) is 1.53. The van der Waals surface area contributed by atoms with E-state index < -0.39 is 34.6 Å². The van der Waals surface area contributed by atoms with Crippen molar-refractivity contribution in [1.29, 1.82) is 0 Å². The maximum absolute atomic E-state index is 14.9. The molecule has 0 unspecified atom stereocenters. The van der Waals surface area contributed by atoms with E-state index in [0.717, 1.165) is 6.07 Å². The normalized spacial score (nSPS) is 15.4. The highest BCUT2D eigenvalue weighted by atomic mass is 19.4. The van der Waals surface area contributed by atoms with E-state index >= 15 is 0 Å². The lowest BCUT2D eigenvalue weighted by atomic mass is 9.99. The average Bonchev–Trinajstić information content (AvgIpc) is 3.52. The third-order valence-electron chi connectivity index (χ3n) is 6.25. The van der Waals surface area contributed by atoms with Gasteiger partial charge in [0.05, 0.1) is 28.2 Å². The third-order valence-corrected chi connectivity index (χ3v) is 6.25. The van der Waals surface area contributed by atoms with Gasteiger partial charge >= 0.3 is 6.18 Å². The number of carbonyl (C=O) groups excluding carboxylic acids is 2. The van der Waals surface area contributed by atoms with Gasteiger partial charge in [-0.05, 0) is 30.3 Å². The van der Waals surface area contributed by atoms with Crippen LogP contribution in [0.2, 0.25) is 0 Å². The number of aryl methyl sites for hydroxylation is 1. The van der Waals surface area contributed by atoms with Gasteiger partial charge in [-0.2, -0.15) is 18.3 Å². The number of anilines is 1. The molecule has 5 rings (SSSR count). The van der Waals surface area contributed by atoms with Gasteiger partial charge in [-0.25, -0.2) is 4.39 Å². The Bertz CT molecular complexity index is 1530. The van der Waals surface area contributed by atoms with Crippen LogP contribution in [0.15, 0.2) is 66.9 Å². The molecule has 0 bridgehead atoms. The number of alkyl halides is 3. The SMILES string of the molecule is Cn1ccc(-c2cc(C(=O)Nc3ccc([C@@H]4CNC(=O)C4)nc3-c3ccccc3)c(F)cc2C(F)(F)F)n1. The van der Waals surface area contributed by atoms with Crippen LogP contribution >= 0.6 is 0 Å². The molecular formula is C27H21F4N5O2. The molecule has 2 amide bonds. The van der Waals surface area contributed by atoms with E-state index in [1.165, 1.54) is 24.0 Å². The average molecular weight is 523 g/mol.